The number of imide groups is 2. The maximum absolute atomic E-state index is 12.7. The van der Waals surface area contributed by atoms with Gasteiger partial charge in [-0.25, -0.2) is 28.8 Å². The van der Waals surface area contributed by atoms with Crippen molar-refractivity contribution in [1.82, 2.24) is 9.80 Å². The fraction of sp³-hybridized carbons (Fsp3) is 0.743. The Morgan fingerprint density at radius 1 is 0.607 bits per heavy atom. The Bertz CT molecular complexity index is 1530. The van der Waals surface area contributed by atoms with Crippen LogP contribution in [0, 0.1) is 11.8 Å². The second-order valence-electron chi connectivity index (χ2n) is 16.2. The summed E-state index contributed by atoms with van der Waals surface area (Å²) in [4.78, 5) is 88.2. The molecule has 4 amide bonds. The van der Waals surface area contributed by atoms with Gasteiger partial charge in [0.1, 0.15) is 28.7 Å². The van der Waals surface area contributed by atoms with E-state index < -0.39 is 96.5 Å². The van der Waals surface area contributed by atoms with E-state index in [-0.39, 0.29) is 51.5 Å². The van der Waals surface area contributed by atoms with Gasteiger partial charge in [0.15, 0.2) is 11.1 Å². The van der Waals surface area contributed by atoms with Crippen molar-refractivity contribution < 1.29 is 92.4 Å². The van der Waals surface area contributed by atoms with Gasteiger partial charge >= 0.3 is 65.3 Å². The first-order chi connectivity index (χ1) is 24.6. The molecule has 0 unspecified atom stereocenters. The van der Waals surface area contributed by atoms with E-state index in [4.69, 9.17) is 42.6 Å². The van der Waals surface area contributed by atoms with Crippen LogP contribution in [-0.2, 0) is 71.8 Å². The van der Waals surface area contributed by atoms with E-state index in [1.165, 1.54) is 6.08 Å². The summed E-state index contributed by atoms with van der Waals surface area (Å²) in [6, 6.07) is 0. The summed E-state index contributed by atoms with van der Waals surface area (Å²) in [6.07, 6.45) is -1.74. The van der Waals surface area contributed by atoms with Gasteiger partial charge in [-0.05, 0) is 110 Å². The van der Waals surface area contributed by atoms with Crippen molar-refractivity contribution in [3.05, 3.63) is 12.7 Å². The van der Waals surface area contributed by atoms with Crippen LogP contribution >= 0.6 is 24.0 Å². The third kappa shape index (κ3) is 17.3. The summed E-state index contributed by atoms with van der Waals surface area (Å²) in [5.41, 5.74) is -6.68. The van der Waals surface area contributed by atoms with E-state index in [2.05, 4.69) is 6.58 Å². The van der Waals surface area contributed by atoms with Gasteiger partial charge in [-0.15, -0.1) is 30.6 Å². The Balaban J connectivity index is -0.000000885. The van der Waals surface area contributed by atoms with Crippen LogP contribution in [0.1, 0.15) is 111 Å². The van der Waals surface area contributed by atoms with Gasteiger partial charge in [0.25, 0.3) is 0 Å². The summed E-state index contributed by atoms with van der Waals surface area (Å²) >= 11 is -6.06. The molecule has 0 aromatic heterocycles. The standard InChI is InChI=1S/C18H29NO6.C17H27NO7.HI.4O.Os.H2/c1-9-12-11-18(12,13(20)23-10-2)19(14(21)24-16(3,4)5)15(22)25-17(6,7)8;1-8-23-12(20)17(9-11(17)10-19)18(13(21)24-15(2,3)4)14(22)25-16(5,6)7;;;;;;;/h9,12H,1,10-11H2,2-8H3;10-11H,8-9H2,1-7H3;1H;;;;;;1H/t12-,18-;11-,17+;;;;;;;/m10......./s1. The summed E-state index contributed by atoms with van der Waals surface area (Å²) < 4.78 is 65.8. The quantitative estimate of drug-likeness (QED) is 0.0803. The van der Waals surface area contributed by atoms with Crippen LogP contribution in [0.15, 0.2) is 12.7 Å². The number of hydrogen-bond donors (Lipinski definition) is 0. The molecule has 0 heterocycles. The minimum atomic E-state index is -6.06. The van der Waals surface area contributed by atoms with Gasteiger partial charge < -0.3 is 33.2 Å². The van der Waals surface area contributed by atoms with Crippen molar-refractivity contribution in [2.45, 2.75) is 143 Å². The number of aldehydes is 1. The van der Waals surface area contributed by atoms with E-state index in [0.717, 1.165) is 4.90 Å². The molecule has 2 aliphatic carbocycles. The molecular weight excluding hydrogens is 1040 g/mol. The molecule has 2 fully saturated rings. The first kappa shape index (κ1) is 54.5. The number of halogens is 1. The molecule has 0 spiro atoms. The summed E-state index contributed by atoms with van der Waals surface area (Å²) in [6.45, 7) is 26.9. The average Bonchev–Trinajstić information content (AvgIpc) is 3.83. The molecular formula is C35H59IN2O17Os. The Morgan fingerprint density at radius 3 is 1.00 bits per heavy atom. The molecule has 0 radical (unpaired) electrons. The van der Waals surface area contributed by atoms with Crippen LogP contribution in [0.3, 0.4) is 0 Å². The number of amides is 4. The maximum atomic E-state index is 12.7. The zero-order valence-corrected chi connectivity index (χ0v) is 39.3. The second-order valence-corrected chi connectivity index (χ2v) is 18.8. The van der Waals surface area contributed by atoms with Crippen molar-refractivity contribution in [2.24, 2.45) is 11.8 Å². The molecule has 21 heteroatoms. The molecule has 19 nitrogen and oxygen atoms in total. The molecule has 2 aliphatic rings. The van der Waals surface area contributed by atoms with E-state index in [1.807, 2.05) is 0 Å². The topological polar surface area (TPSA) is 250 Å². The number of esters is 2. The molecule has 4 atom stereocenters. The average molecular weight is 1100 g/mol. The van der Waals surface area contributed by atoms with Crippen molar-refractivity contribution >= 4 is 66.6 Å². The van der Waals surface area contributed by atoms with Crippen molar-refractivity contribution in [2.75, 3.05) is 13.2 Å². The van der Waals surface area contributed by atoms with E-state index in [9.17, 15) is 33.6 Å². The Labute approximate surface area is 348 Å². The van der Waals surface area contributed by atoms with Crippen LogP contribution in [0.4, 0.5) is 19.2 Å². The molecule has 0 bridgehead atoms. The van der Waals surface area contributed by atoms with Crippen LogP contribution in [0.5, 0.6) is 0 Å². The van der Waals surface area contributed by atoms with Crippen molar-refractivity contribution in [1.29, 1.82) is 0 Å². The fourth-order valence-corrected chi connectivity index (χ4v) is 4.70. The van der Waals surface area contributed by atoms with Gasteiger partial charge in [0, 0.05) is 7.34 Å². The number of hydrogen-bond acceptors (Lipinski definition) is 17. The van der Waals surface area contributed by atoms with Gasteiger partial charge in [-0.2, -0.15) is 9.80 Å². The molecule has 0 saturated heterocycles. The van der Waals surface area contributed by atoms with E-state index >= 15 is 0 Å². The SMILES string of the molecule is C=C[C@@H]1C[C@@]1(C(=O)OCC)N(C(=O)OC(C)(C)C)C(=O)OC(C)(C)C.CCOC(=O)[C@@]1(N(C(=O)OC(C)(C)C)C(=O)OC(C)(C)C)C[C@H]1C=O.I.[HH].[O]=[Os](=[O])(=[O])=[O]. The van der Waals surface area contributed by atoms with Gasteiger partial charge in [-0.3, -0.25) is 0 Å². The molecule has 0 aliphatic heterocycles. The third-order valence-electron chi connectivity index (χ3n) is 6.78. The second kappa shape index (κ2) is 20.2. The zero-order valence-electron chi connectivity index (χ0n) is 34.4. The number of nitrogens with zero attached hydrogens (tertiary/aromatic N) is 2. The number of carbonyl (C=O) groups excluding carboxylic acids is 7. The van der Waals surface area contributed by atoms with Crippen molar-refractivity contribution in [3.63, 3.8) is 0 Å². The number of ether oxygens (including phenoxy) is 6. The van der Waals surface area contributed by atoms with E-state index in [1.54, 1.807) is 96.9 Å². The molecule has 0 aromatic rings. The zero-order chi connectivity index (χ0) is 43.8. The molecule has 56 heavy (non-hydrogen) atoms. The predicted molar refractivity (Wildman–Crippen MR) is 200 cm³/mol. The van der Waals surface area contributed by atoms with Crippen LogP contribution in [0.2, 0.25) is 0 Å². The first-order valence-corrected chi connectivity index (χ1v) is 21.2. The monoisotopic (exact) mass is 1100 g/mol. The number of rotatable bonds is 8. The van der Waals surface area contributed by atoms with Gasteiger partial charge in [0.05, 0.1) is 19.1 Å². The van der Waals surface area contributed by atoms with Gasteiger partial charge in [-0.1, -0.05) is 6.08 Å². The first-order valence-electron chi connectivity index (χ1n) is 17.1. The summed E-state index contributed by atoms with van der Waals surface area (Å²) in [7, 11) is 0. The van der Waals surface area contributed by atoms with Gasteiger partial charge in [0.2, 0.25) is 0 Å². The van der Waals surface area contributed by atoms with Crippen LogP contribution in [0.25, 0.3) is 0 Å². The van der Waals surface area contributed by atoms with E-state index in [0.29, 0.717) is 11.2 Å². The summed E-state index contributed by atoms with van der Waals surface area (Å²) in [5, 5.41) is 0. The Kier molecular flexibility index (Phi) is 19.7. The third-order valence-corrected chi connectivity index (χ3v) is 6.78. The fourth-order valence-electron chi connectivity index (χ4n) is 4.70. The minimum absolute atomic E-state index is 0. The summed E-state index contributed by atoms with van der Waals surface area (Å²) in [5.74, 6) is -2.77. The van der Waals surface area contributed by atoms with Crippen LogP contribution < -0.4 is 0 Å². The van der Waals surface area contributed by atoms with Crippen molar-refractivity contribution in [3.8, 4) is 0 Å². The van der Waals surface area contributed by atoms with Crippen LogP contribution in [-0.4, -0.2) is 99.1 Å². The predicted octanol–water partition coefficient (Wildman–Crippen LogP) is 6.73. The Hall–Kier alpha value is -3.60. The molecule has 0 aromatic carbocycles. The normalized spacial score (nSPS) is 21.2. The molecule has 326 valence electrons. The Morgan fingerprint density at radius 2 is 0.839 bits per heavy atom. The molecule has 2 rings (SSSR count). The number of carbonyl (C=O) groups is 7. The molecule has 2 saturated carbocycles. The molecule has 0 N–H and O–H groups in total.